The van der Waals surface area contributed by atoms with Crippen molar-refractivity contribution in [2.24, 2.45) is 0 Å². The van der Waals surface area contributed by atoms with Gasteiger partial charge in [0, 0.05) is 17.4 Å². The van der Waals surface area contributed by atoms with Gasteiger partial charge in [-0.3, -0.25) is 4.79 Å². The molecule has 0 heterocycles. The van der Waals surface area contributed by atoms with Crippen molar-refractivity contribution in [1.82, 2.24) is 10.6 Å². The third-order valence-electron chi connectivity index (χ3n) is 3.15. The lowest BCUT2D eigenvalue weighted by molar-refractivity contribution is -0.121. The standard InChI is InChI=1S/C13H17BrN2O/c1-15-8-7-13(17)16-12-6-5-9-10(12)3-2-4-11(9)14/h2-4,12,15H,5-8H2,1H3,(H,16,17). The van der Waals surface area contributed by atoms with Crippen LogP contribution < -0.4 is 10.6 Å². The number of benzene rings is 1. The lowest BCUT2D eigenvalue weighted by Gasteiger charge is -2.14. The van der Waals surface area contributed by atoms with Gasteiger partial charge in [0.05, 0.1) is 6.04 Å². The van der Waals surface area contributed by atoms with Crippen molar-refractivity contribution in [2.45, 2.75) is 25.3 Å². The minimum absolute atomic E-state index is 0.122. The van der Waals surface area contributed by atoms with Gasteiger partial charge in [0.15, 0.2) is 0 Å². The third-order valence-corrected chi connectivity index (χ3v) is 3.89. The molecule has 0 aromatic heterocycles. The molecule has 1 aliphatic carbocycles. The van der Waals surface area contributed by atoms with Gasteiger partial charge in [-0.1, -0.05) is 28.1 Å². The van der Waals surface area contributed by atoms with E-state index in [2.05, 4.69) is 38.7 Å². The quantitative estimate of drug-likeness (QED) is 0.894. The maximum absolute atomic E-state index is 11.7. The summed E-state index contributed by atoms with van der Waals surface area (Å²) in [5.74, 6) is 0.122. The van der Waals surface area contributed by atoms with Crippen LogP contribution in [0.2, 0.25) is 0 Å². The normalized spacial score (nSPS) is 17.9. The van der Waals surface area contributed by atoms with E-state index in [1.807, 2.05) is 13.1 Å². The molecule has 2 rings (SSSR count). The Balaban J connectivity index is 2.02. The van der Waals surface area contributed by atoms with Gasteiger partial charge < -0.3 is 10.6 Å². The molecule has 0 saturated carbocycles. The van der Waals surface area contributed by atoms with E-state index >= 15 is 0 Å². The molecule has 0 aliphatic heterocycles. The molecule has 2 N–H and O–H groups in total. The number of nitrogens with one attached hydrogen (secondary N) is 2. The van der Waals surface area contributed by atoms with Crippen LogP contribution in [0.5, 0.6) is 0 Å². The van der Waals surface area contributed by atoms with Crippen LogP contribution >= 0.6 is 15.9 Å². The summed E-state index contributed by atoms with van der Waals surface area (Å²) < 4.78 is 1.15. The highest BCUT2D eigenvalue weighted by atomic mass is 79.9. The molecule has 0 radical (unpaired) electrons. The van der Waals surface area contributed by atoms with E-state index in [4.69, 9.17) is 0 Å². The highest BCUT2D eigenvalue weighted by Crippen LogP contribution is 2.35. The number of amides is 1. The minimum Gasteiger partial charge on any atom is -0.349 e. The fraction of sp³-hybridized carbons (Fsp3) is 0.462. The summed E-state index contributed by atoms with van der Waals surface area (Å²) in [6.07, 6.45) is 2.58. The Bertz CT molecular complexity index is 420. The summed E-state index contributed by atoms with van der Waals surface area (Å²) in [7, 11) is 1.86. The first-order chi connectivity index (χ1) is 8.22. The van der Waals surface area contributed by atoms with E-state index in [1.54, 1.807) is 0 Å². The van der Waals surface area contributed by atoms with E-state index in [-0.39, 0.29) is 11.9 Å². The summed E-state index contributed by atoms with van der Waals surface area (Å²) in [5, 5.41) is 6.08. The maximum atomic E-state index is 11.7. The van der Waals surface area contributed by atoms with E-state index in [9.17, 15) is 4.79 Å². The fourth-order valence-corrected chi connectivity index (χ4v) is 2.84. The van der Waals surface area contributed by atoms with Crippen LogP contribution in [0.15, 0.2) is 22.7 Å². The molecule has 1 aromatic carbocycles. The molecule has 4 heteroatoms. The first-order valence-corrected chi connectivity index (χ1v) is 6.73. The SMILES string of the molecule is CNCCC(=O)NC1CCc2c(Br)cccc21. The Hall–Kier alpha value is -0.870. The van der Waals surface area contributed by atoms with Crippen LogP contribution in [0.25, 0.3) is 0 Å². The number of halogens is 1. The number of carbonyl (C=O) groups is 1. The lowest BCUT2D eigenvalue weighted by Crippen LogP contribution is -2.29. The van der Waals surface area contributed by atoms with E-state index in [0.717, 1.165) is 23.9 Å². The summed E-state index contributed by atoms with van der Waals surface area (Å²) >= 11 is 3.56. The summed E-state index contributed by atoms with van der Waals surface area (Å²) in [4.78, 5) is 11.7. The number of hydrogen-bond acceptors (Lipinski definition) is 2. The van der Waals surface area contributed by atoms with E-state index in [0.29, 0.717) is 6.42 Å². The Morgan fingerprint density at radius 3 is 3.12 bits per heavy atom. The Labute approximate surface area is 110 Å². The smallest absolute Gasteiger partial charge is 0.221 e. The molecular weight excluding hydrogens is 280 g/mol. The predicted molar refractivity (Wildman–Crippen MR) is 71.9 cm³/mol. The second kappa shape index (κ2) is 5.65. The van der Waals surface area contributed by atoms with Crippen LogP contribution in [0.1, 0.15) is 30.0 Å². The van der Waals surface area contributed by atoms with Crippen molar-refractivity contribution in [2.75, 3.05) is 13.6 Å². The Morgan fingerprint density at radius 1 is 1.53 bits per heavy atom. The molecule has 3 nitrogen and oxygen atoms in total. The molecule has 1 unspecified atom stereocenters. The molecule has 17 heavy (non-hydrogen) atoms. The Morgan fingerprint density at radius 2 is 2.35 bits per heavy atom. The number of rotatable bonds is 4. The van der Waals surface area contributed by atoms with Crippen molar-refractivity contribution in [3.63, 3.8) is 0 Å². The third kappa shape index (κ3) is 2.87. The van der Waals surface area contributed by atoms with Crippen LogP contribution in [-0.2, 0) is 11.2 Å². The van der Waals surface area contributed by atoms with Crippen LogP contribution in [0.4, 0.5) is 0 Å². The van der Waals surface area contributed by atoms with Crippen molar-refractivity contribution >= 4 is 21.8 Å². The van der Waals surface area contributed by atoms with Gasteiger partial charge in [-0.25, -0.2) is 0 Å². The fourth-order valence-electron chi connectivity index (χ4n) is 2.26. The molecule has 0 spiro atoms. The number of fused-ring (bicyclic) bond motifs is 1. The first-order valence-electron chi connectivity index (χ1n) is 5.93. The second-order valence-electron chi connectivity index (χ2n) is 4.32. The first kappa shape index (κ1) is 12.6. The molecule has 92 valence electrons. The average Bonchev–Trinajstić information content (AvgIpc) is 2.71. The van der Waals surface area contributed by atoms with Crippen LogP contribution in [0, 0.1) is 0 Å². The zero-order valence-corrected chi connectivity index (χ0v) is 11.5. The van der Waals surface area contributed by atoms with Gasteiger partial charge in [0.1, 0.15) is 0 Å². The summed E-state index contributed by atoms with van der Waals surface area (Å²) in [6, 6.07) is 6.38. The zero-order valence-electron chi connectivity index (χ0n) is 9.92. The molecule has 0 bridgehead atoms. The van der Waals surface area contributed by atoms with Gasteiger partial charge in [-0.05, 0) is 37.1 Å². The Kier molecular flexibility index (Phi) is 4.18. The largest absolute Gasteiger partial charge is 0.349 e. The summed E-state index contributed by atoms with van der Waals surface area (Å²) in [6.45, 7) is 0.726. The molecule has 1 atom stereocenters. The van der Waals surface area contributed by atoms with Gasteiger partial charge >= 0.3 is 0 Å². The van der Waals surface area contributed by atoms with Crippen molar-refractivity contribution in [3.05, 3.63) is 33.8 Å². The van der Waals surface area contributed by atoms with Gasteiger partial charge in [0.2, 0.25) is 5.91 Å². The molecule has 1 amide bonds. The van der Waals surface area contributed by atoms with Crippen molar-refractivity contribution in [1.29, 1.82) is 0 Å². The predicted octanol–water partition coefficient (Wildman–Crippen LogP) is 2.16. The lowest BCUT2D eigenvalue weighted by atomic mass is 10.1. The zero-order chi connectivity index (χ0) is 12.3. The average molecular weight is 297 g/mol. The second-order valence-corrected chi connectivity index (χ2v) is 5.17. The number of carbonyl (C=O) groups excluding carboxylic acids is 1. The molecule has 0 fully saturated rings. The molecular formula is C13H17BrN2O. The van der Waals surface area contributed by atoms with Crippen molar-refractivity contribution in [3.8, 4) is 0 Å². The highest BCUT2D eigenvalue weighted by Gasteiger charge is 2.24. The van der Waals surface area contributed by atoms with Gasteiger partial charge in [-0.15, -0.1) is 0 Å². The minimum atomic E-state index is 0.122. The van der Waals surface area contributed by atoms with Crippen LogP contribution in [-0.4, -0.2) is 19.5 Å². The number of hydrogen-bond donors (Lipinski definition) is 2. The molecule has 1 aliphatic rings. The van der Waals surface area contributed by atoms with E-state index < -0.39 is 0 Å². The molecule has 1 aromatic rings. The van der Waals surface area contributed by atoms with E-state index in [1.165, 1.54) is 11.1 Å². The summed E-state index contributed by atoms with van der Waals surface area (Å²) in [5.41, 5.74) is 2.60. The highest BCUT2D eigenvalue weighted by molar-refractivity contribution is 9.10. The molecule has 0 saturated heterocycles. The van der Waals surface area contributed by atoms with Crippen LogP contribution in [0.3, 0.4) is 0 Å². The monoisotopic (exact) mass is 296 g/mol. The maximum Gasteiger partial charge on any atom is 0.221 e. The van der Waals surface area contributed by atoms with Crippen molar-refractivity contribution < 1.29 is 4.79 Å². The van der Waals surface area contributed by atoms with Gasteiger partial charge in [-0.2, -0.15) is 0 Å². The van der Waals surface area contributed by atoms with Gasteiger partial charge in [0.25, 0.3) is 0 Å². The topological polar surface area (TPSA) is 41.1 Å².